The van der Waals surface area contributed by atoms with Gasteiger partial charge in [0.2, 0.25) is 5.91 Å². The van der Waals surface area contributed by atoms with Crippen LogP contribution in [0, 0.1) is 6.92 Å². The SMILES string of the molecule is CNC(=O)C(c1cccc(-c2ccccc2C)n1)c1c(Cl)cccc1Cl. The van der Waals surface area contributed by atoms with E-state index in [0.717, 1.165) is 16.8 Å². The number of carbonyl (C=O) groups excluding carboxylic acids is 1. The molecule has 2 aromatic carbocycles. The standard InChI is InChI=1S/C21H18Cl2N2O/c1-13-7-3-4-8-14(13)17-11-6-12-18(25-17)20(21(26)24-2)19-15(22)9-5-10-16(19)23/h3-12,20H,1-2H3,(H,24,26). The van der Waals surface area contributed by atoms with Crippen molar-refractivity contribution in [2.24, 2.45) is 0 Å². The number of pyridine rings is 1. The van der Waals surface area contributed by atoms with Gasteiger partial charge in [0.25, 0.3) is 0 Å². The van der Waals surface area contributed by atoms with Gasteiger partial charge in [0.1, 0.15) is 5.92 Å². The summed E-state index contributed by atoms with van der Waals surface area (Å²) in [4.78, 5) is 17.4. The molecule has 0 aliphatic rings. The van der Waals surface area contributed by atoms with Gasteiger partial charge < -0.3 is 5.32 Å². The molecular formula is C21H18Cl2N2O. The zero-order valence-electron chi connectivity index (χ0n) is 14.5. The normalized spacial score (nSPS) is 11.8. The summed E-state index contributed by atoms with van der Waals surface area (Å²) >= 11 is 12.7. The molecule has 3 nitrogen and oxygen atoms in total. The minimum Gasteiger partial charge on any atom is -0.358 e. The molecule has 0 aliphatic carbocycles. The van der Waals surface area contributed by atoms with Crippen molar-refractivity contribution in [1.29, 1.82) is 0 Å². The molecule has 1 heterocycles. The van der Waals surface area contributed by atoms with Gasteiger partial charge >= 0.3 is 0 Å². The molecule has 132 valence electrons. The Balaban J connectivity index is 2.16. The smallest absolute Gasteiger partial charge is 0.233 e. The van der Waals surface area contributed by atoms with Crippen molar-refractivity contribution in [3.63, 3.8) is 0 Å². The number of carbonyl (C=O) groups is 1. The third kappa shape index (κ3) is 3.59. The second-order valence-corrected chi connectivity index (χ2v) is 6.76. The maximum absolute atomic E-state index is 12.7. The first-order valence-corrected chi connectivity index (χ1v) is 8.97. The molecular weight excluding hydrogens is 367 g/mol. The van der Waals surface area contributed by atoms with Gasteiger partial charge in [0, 0.05) is 28.2 Å². The first-order chi connectivity index (χ1) is 12.5. The summed E-state index contributed by atoms with van der Waals surface area (Å²) in [6.45, 7) is 2.03. The minimum atomic E-state index is -0.690. The fourth-order valence-electron chi connectivity index (χ4n) is 2.97. The van der Waals surface area contributed by atoms with Crippen LogP contribution in [0.4, 0.5) is 0 Å². The first kappa shape index (κ1) is 18.4. The lowest BCUT2D eigenvalue weighted by molar-refractivity contribution is -0.121. The maximum atomic E-state index is 12.7. The van der Waals surface area contributed by atoms with Gasteiger partial charge in [-0.05, 0) is 36.8 Å². The molecule has 1 N–H and O–H groups in total. The molecule has 26 heavy (non-hydrogen) atoms. The third-order valence-corrected chi connectivity index (χ3v) is 4.94. The van der Waals surface area contributed by atoms with E-state index in [4.69, 9.17) is 28.2 Å². The largest absolute Gasteiger partial charge is 0.358 e. The Morgan fingerprint density at radius 2 is 1.62 bits per heavy atom. The monoisotopic (exact) mass is 384 g/mol. The Kier molecular flexibility index (Phi) is 5.60. The molecule has 3 aromatic rings. The number of likely N-dealkylation sites (N-methyl/N-ethyl adjacent to an activating group) is 1. The molecule has 1 unspecified atom stereocenters. The molecule has 3 rings (SSSR count). The van der Waals surface area contributed by atoms with Crippen LogP contribution >= 0.6 is 23.2 Å². The van der Waals surface area contributed by atoms with Crippen molar-refractivity contribution >= 4 is 29.1 Å². The fraction of sp³-hybridized carbons (Fsp3) is 0.143. The second-order valence-electron chi connectivity index (χ2n) is 5.95. The van der Waals surface area contributed by atoms with Crippen LogP contribution < -0.4 is 5.32 Å². The zero-order valence-corrected chi connectivity index (χ0v) is 16.0. The van der Waals surface area contributed by atoms with Crippen LogP contribution in [0.2, 0.25) is 10.0 Å². The van der Waals surface area contributed by atoms with Crippen molar-refractivity contribution in [3.05, 3.63) is 87.5 Å². The molecule has 1 amide bonds. The van der Waals surface area contributed by atoms with Gasteiger partial charge in [-0.1, -0.05) is 59.6 Å². The van der Waals surface area contributed by atoms with Crippen LogP contribution in [0.3, 0.4) is 0 Å². The van der Waals surface area contributed by atoms with Crippen molar-refractivity contribution in [1.82, 2.24) is 10.3 Å². The summed E-state index contributed by atoms with van der Waals surface area (Å²) in [5, 5.41) is 3.57. The molecule has 0 radical (unpaired) electrons. The molecule has 5 heteroatoms. The molecule has 0 aliphatic heterocycles. The number of aromatic nitrogens is 1. The van der Waals surface area contributed by atoms with Gasteiger partial charge in [-0.15, -0.1) is 0 Å². The van der Waals surface area contributed by atoms with Gasteiger partial charge in [0.15, 0.2) is 0 Å². The topological polar surface area (TPSA) is 42.0 Å². The number of nitrogens with one attached hydrogen (secondary N) is 1. The molecule has 0 bridgehead atoms. The van der Waals surface area contributed by atoms with Crippen LogP contribution in [0.5, 0.6) is 0 Å². The third-order valence-electron chi connectivity index (χ3n) is 4.28. The predicted molar refractivity (Wildman–Crippen MR) is 107 cm³/mol. The predicted octanol–water partition coefficient (Wildman–Crippen LogP) is 5.24. The van der Waals surface area contributed by atoms with Gasteiger partial charge in [0.05, 0.1) is 11.4 Å². The van der Waals surface area contributed by atoms with Gasteiger partial charge in [-0.25, -0.2) is 0 Å². The van der Waals surface area contributed by atoms with E-state index in [1.54, 1.807) is 25.2 Å². The van der Waals surface area contributed by atoms with E-state index >= 15 is 0 Å². The van der Waals surface area contributed by atoms with Crippen molar-refractivity contribution in [2.45, 2.75) is 12.8 Å². The number of aryl methyl sites for hydroxylation is 1. The number of hydrogen-bond donors (Lipinski definition) is 1. The van der Waals surface area contributed by atoms with Crippen LogP contribution in [0.25, 0.3) is 11.3 Å². The van der Waals surface area contributed by atoms with E-state index in [9.17, 15) is 4.79 Å². The fourth-order valence-corrected chi connectivity index (χ4v) is 3.58. The van der Waals surface area contributed by atoms with E-state index in [2.05, 4.69) is 5.32 Å². The van der Waals surface area contributed by atoms with Crippen molar-refractivity contribution < 1.29 is 4.79 Å². The van der Waals surface area contributed by atoms with Crippen LogP contribution in [0.1, 0.15) is 22.7 Å². The van der Waals surface area contributed by atoms with Gasteiger partial charge in [-0.3, -0.25) is 9.78 Å². The highest BCUT2D eigenvalue weighted by atomic mass is 35.5. The lowest BCUT2D eigenvalue weighted by Gasteiger charge is -2.19. The number of hydrogen-bond acceptors (Lipinski definition) is 2. The highest BCUT2D eigenvalue weighted by Gasteiger charge is 2.28. The number of amides is 1. The quantitative estimate of drug-likeness (QED) is 0.667. The zero-order chi connectivity index (χ0) is 18.7. The van der Waals surface area contributed by atoms with E-state index in [1.807, 2.05) is 49.4 Å². The molecule has 1 aromatic heterocycles. The summed E-state index contributed by atoms with van der Waals surface area (Å²) in [5.74, 6) is -0.903. The van der Waals surface area contributed by atoms with Crippen LogP contribution in [-0.2, 0) is 4.79 Å². The Bertz CT molecular complexity index is 936. The average molecular weight is 385 g/mol. The van der Waals surface area contributed by atoms with Crippen LogP contribution in [-0.4, -0.2) is 17.9 Å². The number of rotatable bonds is 4. The molecule has 1 atom stereocenters. The van der Waals surface area contributed by atoms with Gasteiger partial charge in [-0.2, -0.15) is 0 Å². The van der Waals surface area contributed by atoms with E-state index in [0.29, 0.717) is 21.3 Å². The van der Waals surface area contributed by atoms with Crippen molar-refractivity contribution in [3.8, 4) is 11.3 Å². The Morgan fingerprint density at radius 3 is 2.27 bits per heavy atom. The molecule has 0 saturated carbocycles. The molecule has 0 saturated heterocycles. The molecule has 0 spiro atoms. The summed E-state index contributed by atoms with van der Waals surface area (Å²) in [5.41, 5.74) is 4.10. The number of benzene rings is 2. The van der Waals surface area contributed by atoms with Crippen LogP contribution in [0.15, 0.2) is 60.7 Å². The van der Waals surface area contributed by atoms with E-state index in [-0.39, 0.29) is 5.91 Å². The lowest BCUT2D eigenvalue weighted by atomic mass is 9.93. The van der Waals surface area contributed by atoms with E-state index in [1.165, 1.54) is 0 Å². The summed E-state index contributed by atoms with van der Waals surface area (Å²) in [6, 6.07) is 18.9. The number of halogens is 2. The summed E-state index contributed by atoms with van der Waals surface area (Å²) in [7, 11) is 1.59. The Morgan fingerprint density at radius 1 is 0.962 bits per heavy atom. The summed E-state index contributed by atoms with van der Waals surface area (Å²) in [6.07, 6.45) is 0. The summed E-state index contributed by atoms with van der Waals surface area (Å²) < 4.78 is 0. The Hall–Kier alpha value is -2.36. The second kappa shape index (κ2) is 7.90. The molecule has 0 fully saturated rings. The van der Waals surface area contributed by atoms with E-state index < -0.39 is 5.92 Å². The first-order valence-electron chi connectivity index (χ1n) is 8.21. The minimum absolute atomic E-state index is 0.213. The Labute approximate surface area is 163 Å². The van der Waals surface area contributed by atoms with Crippen molar-refractivity contribution in [2.75, 3.05) is 7.05 Å². The highest BCUT2D eigenvalue weighted by molar-refractivity contribution is 6.36. The highest BCUT2D eigenvalue weighted by Crippen LogP contribution is 2.36. The number of nitrogens with zero attached hydrogens (tertiary/aromatic N) is 1. The maximum Gasteiger partial charge on any atom is 0.233 e. The average Bonchev–Trinajstić information content (AvgIpc) is 2.65. The lowest BCUT2D eigenvalue weighted by Crippen LogP contribution is -2.27.